The van der Waals surface area contributed by atoms with Crippen molar-refractivity contribution >= 4 is 33.3 Å². The van der Waals surface area contributed by atoms with Crippen LogP contribution in [0.15, 0.2) is 24.3 Å². The number of ether oxygens (including phenoxy) is 1. The summed E-state index contributed by atoms with van der Waals surface area (Å²) in [5.41, 5.74) is 0.605. The van der Waals surface area contributed by atoms with E-state index >= 15 is 0 Å². The van der Waals surface area contributed by atoms with E-state index in [0.717, 1.165) is 0 Å². The first-order chi connectivity index (χ1) is 8.48. The second-order valence-electron chi connectivity index (χ2n) is 3.41. The molecule has 0 aliphatic heterocycles. The predicted octanol–water partition coefficient (Wildman–Crippen LogP) is 1.84. The fraction of sp³-hybridized carbons (Fsp3) is 0.364. The summed E-state index contributed by atoms with van der Waals surface area (Å²) in [6.07, 6.45) is 0. The molecule has 0 heterocycles. The highest BCUT2D eigenvalue weighted by molar-refractivity contribution is 7.92. The fourth-order valence-electron chi connectivity index (χ4n) is 1.26. The van der Waals surface area contributed by atoms with E-state index in [1.807, 2.05) is 0 Å². The van der Waals surface area contributed by atoms with Crippen LogP contribution in [0.3, 0.4) is 0 Å². The Morgan fingerprint density at radius 2 is 2.17 bits per heavy atom. The van der Waals surface area contributed by atoms with E-state index in [9.17, 15) is 13.2 Å². The lowest BCUT2D eigenvalue weighted by Crippen LogP contribution is -2.17. The van der Waals surface area contributed by atoms with Crippen LogP contribution in [-0.4, -0.2) is 32.6 Å². The van der Waals surface area contributed by atoms with Crippen molar-refractivity contribution in [2.75, 3.05) is 23.0 Å². The number of anilines is 1. The molecule has 0 aliphatic carbocycles. The first-order valence-electron chi connectivity index (χ1n) is 5.32. The zero-order valence-electron chi connectivity index (χ0n) is 9.85. The van der Waals surface area contributed by atoms with Crippen LogP contribution in [0.25, 0.3) is 0 Å². The van der Waals surface area contributed by atoms with Gasteiger partial charge >= 0.3 is 5.97 Å². The Labute approximate surface area is 111 Å². The first kappa shape index (κ1) is 14.8. The average Bonchev–Trinajstić information content (AvgIpc) is 2.28. The number of sulfonamides is 1. The normalized spacial score (nSPS) is 11.0. The molecule has 1 aromatic carbocycles. The van der Waals surface area contributed by atoms with Crippen LogP contribution in [0, 0.1) is 0 Å². The third-order valence-electron chi connectivity index (χ3n) is 1.99. The number of alkyl halides is 1. The number of nitrogens with one attached hydrogen (secondary N) is 1. The van der Waals surface area contributed by atoms with Crippen LogP contribution < -0.4 is 4.72 Å². The Morgan fingerprint density at radius 1 is 1.44 bits per heavy atom. The van der Waals surface area contributed by atoms with Gasteiger partial charge in [-0.1, -0.05) is 6.07 Å². The second-order valence-corrected chi connectivity index (χ2v) is 5.63. The van der Waals surface area contributed by atoms with Gasteiger partial charge in [-0.15, -0.1) is 11.6 Å². The molecular formula is C11H14ClNO4S. The lowest BCUT2D eigenvalue weighted by molar-refractivity contribution is 0.0526. The Balaban J connectivity index is 2.86. The van der Waals surface area contributed by atoms with Gasteiger partial charge in [-0.05, 0) is 25.1 Å². The number of halogens is 1. The number of esters is 1. The van der Waals surface area contributed by atoms with E-state index in [1.54, 1.807) is 25.1 Å². The smallest absolute Gasteiger partial charge is 0.338 e. The molecular weight excluding hydrogens is 278 g/mol. The molecule has 1 aromatic rings. The van der Waals surface area contributed by atoms with Crippen molar-refractivity contribution in [2.24, 2.45) is 0 Å². The molecule has 7 heteroatoms. The molecule has 0 fully saturated rings. The number of rotatable bonds is 6. The SMILES string of the molecule is CCOC(=O)c1cccc(NS(=O)(=O)CCCl)c1. The summed E-state index contributed by atoms with van der Waals surface area (Å²) in [5, 5.41) is 0. The van der Waals surface area contributed by atoms with E-state index in [0.29, 0.717) is 11.3 Å². The molecule has 1 rings (SSSR count). The van der Waals surface area contributed by atoms with Crippen molar-refractivity contribution in [1.82, 2.24) is 0 Å². The molecule has 0 spiro atoms. The molecule has 0 saturated carbocycles. The molecule has 0 bridgehead atoms. The van der Waals surface area contributed by atoms with E-state index < -0.39 is 16.0 Å². The van der Waals surface area contributed by atoms with Crippen molar-refractivity contribution < 1.29 is 17.9 Å². The van der Waals surface area contributed by atoms with Crippen molar-refractivity contribution in [3.63, 3.8) is 0 Å². The third kappa shape index (κ3) is 4.54. The maximum Gasteiger partial charge on any atom is 0.338 e. The third-order valence-corrected chi connectivity index (χ3v) is 3.69. The number of benzene rings is 1. The average molecular weight is 292 g/mol. The summed E-state index contributed by atoms with van der Waals surface area (Å²) in [6.45, 7) is 1.96. The van der Waals surface area contributed by atoms with Gasteiger partial charge in [0.2, 0.25) is 10.0 Å². The minimum Gasteiger partial charge on any atom is -0.462 e. The number of carbonyl (C=O) groups is 1. The summed E-state index contributed by atoms with van der Waals surface area (Å²) in [7, 11) is -3.47. The quantitative estimate of drug-likeness (QED) is 0.641. The van der Waals surface area contributed by atoms with Crippen molar-refractivity contribution in [2.45, 2.75) is 6.92 Å². The lowest BCUT2D eigenvalue weighted by atomic mass is 10.2. The summed E-state index contributed by atoms with van der Waals surface area (Å²) < 4.78 is 30.2. The van der Waals surface area contributed by atoms with Gasteiger partial charge < -0.3 is 4.74 Å². The molecule has 0 unspecified atom stereocenters. The van der Waals surface area contributed by atoms with E-state index in [-0.39, 0.29) is 18.2 Å². The highest BCUT2D eigenvalue weighted by atomic mass is 35.5. The summed E-state index contributed by atoms with van der Waals surface area (Å²) >= 11 is 5.38. The Bertz CT molecular complexity index is 516. The maximum atomic E-state index is 11.5. The standard InChI is InChI=1S/C11H14ClNO4S/c1-2-17-11(14)9-4-3-5-10(8-9)13-18(15,16)7-6-12/h3-5,8,13H,2,6-7H2,1H3. The molecule has 1 N–H and O–H groups in total. The molecule has 0 radical (unpaired) electrons. The highest BCUT2D eigenvalue weighted by Gasteiger charge is 2.11. The van der Waals surface area contributed by atoms with Crippen LogP contribution >= 0.6 is 11.6 Å². The summed E-state index contributed by atoms with van der Waals surface area (Å²) in [5.74, 6) is -0.665. The van der Waals surface area contributed by atoms with Crippen molar-refractivity contribution in [1.29, 1.82) is 0 Å². The van der Waals surface area contributed by atoms with Gasteiger partial charge in [0, 0.05) is 11.6 Å². The molecule has 18 heavy (non-hydrogen) atoms. The predicted molar refractivity (Wildman–Crippen MR) is 70.5 cm³/mol. The largest absolute Gasteiger partial charge is 0.462 e. The van der Waals surface area contributed by atoms with Crippen molar-refractivity contribution in [3.8, 4) is 0 Å². The minimum absolute atomic E-state index is 0.00685. The van der Waals surface area contributed by atoms with Gasteiger partial charge in [0.1, 0.15) is 0 Å². The zero-order chi connectivity index (χ0) is 13.6. The maximum absolute atomic E-state index is 11.5. The zero-order valence-corrected chi connectivity index (χ0v) is 11.4. The molecule has 5 nitrogen and oxygen atoms in total. The highest BCUT2D eigenvalue weighted by Crippen LogP contribution is 2.13. The van der Waals surface area contributed by atoms with Gasteiger partial charge in [0.25, 0.3) is 0 Å². The Kier molecular flexibility index (Phi) is 5.43. The number of hydrogen-bond donors (Lipinski definition) is 1. The van der Waals surface area contributed by atoms with Gasteiger partial charge in [-0.3, -0.25) is 4.72 Å². The topological polar surface area (TPSA) is 72.5 Å². The van der Waals surface area contributed by atoms with Gasteiger partial charge in [0.05, 0.1) is 17.9 Å². The summed E-state index contributed by atoms with van der Waals surface area (Å²) in [6, 6.07) is 6.10. The van der Waals surface area contributed by atoms with Crippen LogP contribution in [0.1, 0.15) is 17.3 Å². The molecule has 100 valence electrons. The van der Waals surface area contributed by atoms with Crippen LogP contribution in [-0.2, 0) is 14.8 Å². The van der Waals surface area contributed by atoms with E-state index in [1.165, 1.54) is 6.07 Å². The minimum atomic E-state index is -3.47. The fourth-order valence-corrected chi connectivity index (χ4v) is 2.66. The van der Waals surface area contributed by atoms with Gasteiger partial charge in [0.15, 0.2) is 0 Å². The Hall–Kier alpha value is -1.27. The molecule has 0 aromatic heterocycles. The first-order valence-corrected chi connectivity index (χ1v) is 7.51. The van der Waals surface area contributed by atoms with Gasteiger partial charge in [-0.25, -0.2) is 13.2 Å². The number of hydrogen-bond acceptors (Lipinski definition) is 4. The van der Waals surface area contributed by atoms with Crippen LogP contribution in [0.5, 0.6) is 0 Å². The van der Waals surface area contributed by atoms with Crippen LogP contribution in [0.4, 0.5) is 5.69 Å². The molecule has 0 atom stereocenters. The Morgan fingerprint density at radius 3 is 2.78 bits per heavy atom. The monoisotopic (exact) mass is 291 g/mol. The number of carbonyl (C=O) groups excluding carboxylic acids is 1. The van der Waals surface area contributed by atoms with E-state index in [2.05, 4.69) is 4.72 Å². The lowest BCUT2D eigenvalue weighted by Gasteiger charge is -2.08. The van der Waals surface area contributed by atoms with Crippen molar-refractivity contribution in [3.05, 3.63) is 29.8 Å². The van der Waals surface area contributed by atoms with Gasteiger partial charge in [-0.2, -0.15) is 0 Å². The van der Waals surface area contributed by atoms with Crippen LogP contribution in [0.2, 0.25) is 0 Å². The molecule has 0 saturated heterocycles. The molecule has 0 aliphatic rings. The van der Waals surface area contributed by atoms with E-state index in [4.69, 9.17) is 16.3 Å². The summed E-state index contributed by atoms with van der Waals surface area (Å²) in [4.78, 5) is 11.5. The molecule has 0 amide bonds. The second kappa shape index (κ2) is 6.61.